The summed E-state index contributed by atoms with van der Waals surface area (Å²) in [5.74, 6) is -3.92. The Morgan fingerprint density at radius 1 is 1.16 bits per heavy atom. The van der Waals surface area contributed by atoms with E-state index in [1.807, 2.05) is 0 Å². The van der Waals surface area contributed by atoms with Gasteiger partial charge >= 0.3 is 0 Å². The average Bonchev–Trinajstić information content (AvgIpc) is 3.25. The van der Waals surface area contributed by atoms with Crippen LogP contribution in [0.1, 0.15) is 6.04 Å². The zero-order chi connectivity index (χ0) is 23.0. The monoisotopic (exact) mass is 487 g/mol. The lowest BCUT2D eigenvalue weighted by Gasteiger charge is -2.42. The molecule has 0 amide bonds. The van der Waals surface area contributed by atoms with Gasteiger partial charge in [-0.2, -0.15) is 12.6 Å². The predicted molar refractivity (Wildman–Crippen MR) is 111 cm³/mol. The molecule has 32 heavy (non-hydrogen) atoms. The van der Waals surface area contributed by atoms with E-state index in [1.165, 1.54) is 10.9 Å². The Hall–Kier alpha value is -2.31. The lowest BCUT2D eigenvalue weighted by Crippen LogP contribution is -2.55. The molecule has 0 radical (unpaired) electrons. The van der Waals surface area contributed by atoms with Crippen LogP contribution in [0.5, 0.6) is 5.75 Å². The smallest absolute Gasteiger partial charge is 0.214 e. The second-order valence-corrected chi connectivity index (χ2v) is 8.14. The first-order valence-corrected chi connectivity index (χ1v) is 10.3. The van der Waals surface area contributed by atoms with Crippen LogP contribution in [0.25, 0.3) is 11.3 Å². The molecule has 0 spiro atoms. The molecular weight excluding hydrogens is 471 g/mol. The van der Waals surface area contributed by atoms with E-state index in [-0.39, 0.29) is 11.3 Å². The van der Waals surface area contributed by atoms with E-state index in [0.717, 1.165) is 12.1 Å². The van der Waals surface area contributed by atoms with Crippen molar-refractivity contribution in [2.24, 2.45) is 0 Å². The molecule has 0 bridgehead atoms. The summed E-state index contributed by atoms with van der Waals surface area (Å²) in [4.78, 5) is 0. The molecule has 4 rings (SSSR count). The van der Waals surface area contributed by atoms with Crippen molar-refractivity contribution in [1.29, 1.82) is 0 Å². The van der Waals surface area contributed by atoms with Gasteiger partial charge in [-0.1, -0.05) is 16.8 Å². The summed E-state index contributed by atoms with van der Waals surface area (Å²) in [6.45, 7) is -0.519. The SMILES string of the molecule is OC[C@H]1O[C@H](Oc2ccc(Cl)cc2)[C@H](S)[C@@H](n2cc(-c3cc(F)c(F)c(F)c3)nn2)[C@H]1O. The van der Waals surface area contributed by atoms with Crippen LogP contribution < -0.4 is 4.74 Å². The molecule has 1 saturated heterocycles. The molecule has 5 atom stereocenters. The minimum absolute atomic E-state index is 0.0396. The van der Waals surface area contributed by atoms with Crippen molar-refractivity contribution in [1.82, 2.24) is 15.0 Å². The van der Waals surface area contributed by atoms with E-state index < -0.39 is 53.8 Å². The maximum absolute atomic E-state index is 13.6. The van der Waals surface area contributed by atoms with Gasteiger partial charge in [0.1, 0.15) is 23.7 Å². The number of halogens is 4. The first kappa shape index (κ1) is 22.9. The Morgan fingerprint density at radius 2 is 1.81 bits per heavy atom. The topological polar surface area (TPSA) is 89.6 Å². The number of ether oxygens (including phenoxy) is 2. The van der Waals surface area contributed by atoms with Crippen molar-refractivity contribution in [2.45, 2.75) is 29.8 Å². The number of hydrogen-bond acceptors (Lipinski definition) is 7. The number of thiol groups is 1. The normalized spacial score (nSPS) is 25.7. The van der Waals surface area contributed by atoms with Gasteiger partial charge in [0.2, 0.25) is 6.29 Å². The van der Waals surface area contributed by atoms with Gasteiger partial charge in [0, 0.05) is 10.6 Å². The van der Waals surface area contributed by atoms with Crippen LogP contribution in [0.4, 0.5) is 13.2 Å². The number of aliphatic hydroxyl groups is 2. The highest BCUT2D eigenvalue weighted by Crippen LogP contribution is 2.35. The van der Waals surface area contributed by atoms with Crippen LogP contribution in [0.2, 0.25) is 5.02 Å². The fourth-order valence-electron chi connectivity index (χ4n) is 3.38. The minimum Gasteiger partial charge on any atom is -0.464 e. The second kappa shape index (κ2) is 9.28. The molecule has 7 nitrogen and oxygen atoms in total. The third kappa shape index (κ3) is 4.44. The van der Waals surface area contributed by atoms with Crippen molar-refractivity contribution >= 4 is 24.2 Å². The molecule has 2 N–H and O–H groups in total. The molecule has 1 fully saturated rings. The molecule has 2 heterocycles. The summed E-state index contributed by atoms with van der Waals surface area (Å²) >= 11 is 10.4. The Kier molecular flexibility index (Phi) is 6.63. The summed E-state index contributed by atoms with van der Waals surface area (Å²) in [5, 5.41) is 27.9. The van der Waals surface area contributed by atoms with Crippen LogP contribution in [-0.2, 0) is 4.74 Å². The number of aromatic nitrogens is 3. The lowest BCUT2D eigenvalue weighted by molar-refractivity contribution is -0.209. The Morgan fingerprint density at radius 3 is 2.44 bits per heavy atom. The zero-order valence-electron chi connectivity index (χ0n) is 16.1. The van der Waals surface area contributed by atoms with E-state index >= 15 is 0 Å². The summed E-state index contributed by atoms with van der Waals surface area (Å²) in [6, 6.07) is 7.15. The van der Waals surface area contributed by atoms with Gasteiger partial charge < -0.3 is 19.7 Å². The van der Waals surface area contributed by atoms with Gasteiger partial charge in [0.25, 0.3) is 0 Å². The Balaban J connectivity index is 1.63. The van der Waals surface area contributed by atoms with Crippen LogP contribution in [0.3, 0.4) is 0 Å². The van der Waals surface area contributed by atoms with Gasteiger partial charge in [0.05, 0.1) is 24.1 Å². The highest BCUT2D eigenvalue weighted by molar-refractivity contribution is 7.81. The highest BCUT2D eigenvalue weighted by atomic mass is 35.5. The largest absolute Gasteiger partial charge is 0.464 e. The molecule has 0 saturated carbocycles. The maximum atomic E-state index is 13.6. The first-order valence-electron chi connectivity index (χ1n) is 9.40. The van der Waals surface area contributed by atoms with Crippen molar-refractivity contribution < 1.29 is 32.9 Å². The van der Waals surface area contributed by atoms with Gasteiger partial charge in [-0.25, -0.2) is 17.9 Å². The van der Waals surface area contributed by atoms with E-state index in [2.05, 4.69) is 22.9 Å². The maximum Gasteiger partial charge on any atom is 0.214 e. The molecule has 2 aromatic carbocycles. The van der Waals surface area contributed by atoms with Gasteiger partial charge in [-0.05, 0) is 36.4 Å². The molecule has 1 aliphatic heterocycles. The standard InChI is InChI=1S/C20H17ClF3N3O4S/c21-10-1-3-11(4-2-10)30-20-19(32)17(18(29)15(8-28)31-20)27-7-14(25-26-27)9-5-12(22)16(24)13(23)6-9/h1-7,15,17-20,28-29,32H,8H2/t15-,17+,18+,19-,20+/m1/s1. The molecule has 1 aromatic heterocycles. The average molecular weight is 488 g/mol. The van der Waals surface area contributed by atoms with E-state index in [4.69, 9.17) is 21.1 Å². The van der Waals surface area contributed by atoms with Crippen LogP contribution in [0.15, 0.2) is 42.6 Å². The zero-order valence-corrected chi connectivity index (χ0v) is 17.8. The fraction of sp³-hybridized carbons (Fsp3) is 0.300. The molecule has 170 valence electrons. The molecular formula is C20H17ClF3N3O4S. The minimum atomic E-state index is -1.59. The third-order valence-corrected chi connectivity index (χ3v) is 5.81. The number of aliphatic hydroxyl groups excluding tert-OH is 2. The highest BCUT2D eigenvalue weighted by Gasteiger charge is 2.46. The van der Waals surface area contributed by atoms with Gasteiger partial charge in [-0.15, -0.1) is 5.10 Å². The van der Waals surface area contributed by atoms with Crippen molar-refractivity contribution in [3.63, 3.8) is 0 Å². The number of hydrogen-bond donors (Lipinski definition) is 3. The van der Waals surface area contributed by atoms with Crippen LogP contribution in [-0.4, -0.2) is 55.6 Å². The van der Waals surface area contributed by atoms with E-state index in [0.29, 0.717) is 10.8 Å². The first-order chi connectivity index (χ1) is 15.3. The molecule has 0 unspecified atom stereocenters. The van der Waals surface area contributed by atoms with Gasteiger partial charge in [-0.3, -0.25) is 0 Å². The summed E-state index contributed by atoms with van der Waals surface area (Å²) in [5.41, 5.74) is -0.00432. The number of benzene rings is 2. The molecule has 0 aliphatic carbocycles. The molecule has 1 aliphatic rings. The van der Waals surface area contributed by atoms with E-state index in [9.17, 15) is 23.4 Å². The Labute approximate surface area is 190 Å². The summed E-state index contributed by atoms with van der Waals surface area (Å²) < 4.78 is 53.2. The Bertz CT molecular complexity index is 1080. The fourth-order valence-corrected chi connectivity index (χ4v) is 3.95. The van der Waals surface area contributed by atoms with Crippen LogP contribution in [0, 0.1) is 17.5 Å². The van der Waals surface area contributed by atoms with Gasteiger partial charge in [0.15, 0.2) is 17.5 Å². The number of rotatable bonds is 5. The van der Waals surface area contributed by atoms with Crippen molar-refractivity contribution in [3.8, 4) is 17.0 Å². The quantitative estimate of drug-likeness (QED) is 0.379. The van der Waals surface area contributed by atoms with E-state index in [1.54, 1.807) is 24.3 Å². The lowest BCUT2D eigenvalue weighted by atomic mass is 9.98. The van der Waals surface area contributed by atoms with Crippen molar-refractivity contribution in [2.75, 3.05) is 6.61 Å². The predicted octanol–water partition coefficient (Wildman–Crippen LogP) is 3.01. The van der Waals surface area contributed by atoms with Crippen molar-refractivity contribution in [3.05, 3.63) is 65.1 Å². The van der Waals surface area contributed by atoms with Crippen LogP contribution >= 0.6 is 24.2 Å². The third-order valence-electron chi connectivity index (χ3n) is 5.01. The summed E-state index contributed by atoms with van der Waals surface area (Å²) in [6.07, 6.45) is -1.97. The molecule has 3 aromatic rings. The second-order valence-electron chi connectivity index (χ2n) is 7.11. The summed E-state index contributed by atoms with van der Waals surface area (Å²) in [7, 11) is 0. The molecule has 12 heteroatoms. The number of nitrogens with zero attached hydrogens (tertiary/aromatic N) is 3.